The first-order chi connectivity index (χ1) is 21.5. The SMILES string of the molecule is [CH3][Ge]([CH3])([CH3])[c]1ccc2c(c1)oc1c(-c3nc4cnncc4n3-c3ccccc3)[c-]ccc12.[Ir].[c-]1ccccc1-c1ccccn1. The summed E-state index contributed by atoms with van der Waals surface area (Å²) < 4.78 is 10.00. The van der Waals surface area contributed by atoms with E-state index in [0.717, 1.165) is 61.3 Å². The Morgan fingerprint density at radius 3 is 2.31 bits per heavy atom. The monoisotopic (exact) mass is 826 g/mol. The summed E-state index contributed by atoms with van der Waals surface area (Å²) in [7, 11) is 0. The first-order valence-electron chi connectivity index (χ1n) is 14.5. The first-order valence-corrected chi connectivity index (χ1v) is 21.8. The van der Waals surface area contributed by atoms with Gasteiger partial charge in [0.2, 0.25) is 0 Å². The zero-order valence-corrected chi connectivity index (χ0v) is 29.5. The summed E-state index contributed by atoms with van der Waals surface area (Å²) in [4.78, 5) is 9.13. The maximum absolute atomic E-state index is 6.47. The van der Waals surface area contributed by atoms with Crippen molar-refractivity contribution in [3.8, 4) is 28.3 Å². The van der Waals surface area contributed by atoms with E-state index >= 15 is 0 Å². The van der Waals surface area contributed by atoms with Crippen molar-refractivity contribution in [3.63, 3.8) is 0 Å². The van der Waals surface area contributed by atoms with Gasteiger partial charge in [-0.3, -0.25) is 0 Å². The summed E-state index contributed by atoms with van der Waals surface area (Å²) in [6.45, 7) is 0. The molecule has 45 heavy (non-hydrogen) atoms. The molecule has 0 amide bonds. The number of hydrogen-bond acceptors (Lipinski definition) is 5. The fourth-order valence-electron chi connectivity index (χ4n) is 5.30. The molecule has 6 nitrogen and oxygen atoms in total. The van der Waals surface area contributed by atoms with Crippen molar-refractivity contribution in [2.24, 2.45) is 0 Å². The summed E-state index contributed by atoms with van der Waals surface area (Å²) >= 11 is -1.97. The molecule has 0 saturated heterocycles. The van der Waals surface area contributed by atoms with Gasteiger partial charge >= 0.3 is 188 Å². The number of nitrogens with zero attached hydrogens (tertiary/aromatic N) is 5. The fraction of sp³-hybridized carbons (Fsp3) is 0.0811. The molecule has 4 aromatic carbocycles. The number of hydrogen-bond donors (Lipinski definition) is 0. The zero-order chi connectivity index (χ0) is 30.1. The smallest absolute Gasteiger partial charge is 0.0160 e. The molecular formula is C37H29GeIrN5O-2. The second kappa shape index (κ2) is 12.9. The van der Waals surface area contributed by atoms with Crippen LogP contribution in [0.2, 0.25) is 17.3 Å². The Balaban J connectivity index is 0.000000231. The summed E-state index contributed by atoms with van der Waals surface area (Å²) in [5, 5.41) is 10.3. The Bertz CT molecular complexity index is 2170. The van der Waals surface area contributed by atoms with E-state index in [9.17, 15) is 0 Å². The van der Waals surface area contributed by atoms with Crippen LogP contribution in [0.5, 0.6) is 0 Å². The van der Waals surface area contributed by atoms with Crippen molar-refractivity contribution in [2.45, 2.75) is 17.3 Å². The molecule has 0 atom stereocenters. The molecule has 8 heteroatoms. The van der Waals surface area contributed by atoms with Crippen LogP contribution in [0.3, 0.4) is 0 Å². The molecule has 0 spiro atoms. The standard InChI is InChI=1S/C26H21GeN4O.C11H8N.Ir/c1-27(2,3)17-12-13-19-20-10-7-11-21(25(20)32-24(19)14-17)26-30-22-15-28-29-16-23(22)31(26)18-8-5-4-6-9-18;1-2-6-10(7-3-1)11-8-4-5-9-12-11;/h4-10,12-16H,1-3H3;1-6,8-9H;/q2*-1;. The van der Waals surface area contributed by atoms with Gasteiger partial charge in [-0.25, -0.2) is 0 Å². The molecule has 0 aliphatic heterocycles. The third-order valence-electron chi connectivity index (χ3n) is 7.56. The first kappa shape index (κ1) is 30.6. The van der Waals surface area contributed by atoms with Gasteiger partial charge in [0.1, 0.15) is 0 Å². The van der Waals surface area contributed by atoms with Crippen LogP contribution in [0.25, 0.3) is 61.3 Å². The minimum Gasteiger partial charge on any atom is -0.305 e. The minimum atomic E-state index is -1.97. The van der Waals surface area contributed by atoms with Crippen LogP contribution in [0.1, 0.15) is 0 Å². The summed E-state index contributed by atoms with van der Waals surface area (Å²) in [6, 6.07) is 41.1. The topological polar surface area (TPSA) is 69.6 Å². The molecule has 4 aromatic heterocycles. The molecule has 0 N–H and O–H groups in total. The van der Waals surface area contributed by atoms with E-state index in [4.69, 9.17) is 9.40 Å². The van der Waals surface area contributed by atoms with E-state index in [1.54, 1.807) is 18.6 Å². The zero-order valence-electron chi connectivity index (χ0n) is 25.0. The van der Waals surface area contributed by atoms with Crippen molar-refractivity contribution in [3.05, 3.63) is 134 Å². The Morgan fingerprint density at radius 2 is 1.56 bits per heavy atom. The number of pyridine rings is 1. The molecular weight excluding hydrogens is 795 g/mol. The van der Waals surface area contributed by atoms with Gasteiger partial charge in [-0.2, -0.15) is 0 Å². The molecule has 223 valence electrons. The Morgan fingerprint density at radius 1 is 0.756 bits per heavy atom. The summed E-state index contributed by atoms with van der Waals surface area (Å²) in [5.41, 5.74) is 7.24. The van der Waals surface area contributed by atoms with E-state index < -0.39 is 13.3 Å². The maximum atomic E-state index is 6.47. The van der Waals surface area contributed by atoms with E-state index in [2.05, 4.69) is 85.5 Å². The second-order valence-corrected chi connectivity index (χ2v) is 22.2. The van der Waals surface area contributed by atoms with Crippen LogP contribution < -0.4 is 4.40 Å². The largest absolute Gasteiger partial charge is 0.305 e. The van der Waals surface area contributed by atoms with Gasteiger partial charge in [0.15, 0.2) is 0 Å². The van der Waals surface area contributed by atoms with Crippen molar-refractivity contribution in [2.75, 3.05) is 0 Å². The van der Waals surface area contributed by atoms with Gasteiger partial charge in [0.25, 0.3) is 0 Å². The minimum absolute atomic E-state index is 0. The van der Waals surface area contributed by atoms with E-state index in [1.807, 2.05) is 66.7 Å². The summed E-state index contributed by atoms with van der Waals surface area (Å²) in [5.74, 6) is 7.95. The normalized spacial score (nSPS) is 11.3. The van der Waals surface area contributed by atoms with Crippen molar-refractivity contribution in [1.29, 1.82) is 0 Å². The number of rotatable bonds is 4. The third-order valence-corrected chi connectivity index (χ3v) is 11.8. The quantitative estimate of drug-likeness (QED) is 0.132. The predicted octanol–water partition coefficient (Wildman–Crippen LogP) is 8.27. The number of para-hydroxylation sites is 1. The van der Waals surface area contributed by atoms with Crippen molar-refractivity contribution >= 4 is 50.6 Å². The van der Waals surface area contributed by atoms with Crippen molar-refractivity contribution < 1.29 is 24.5 Å². The van der Waals surface area contributed by atoms with Gasteiger partial charge in [-0.1, -0.05) is 12.1 Å². The van der Waals surface area contributed by atoms with E-state index in [0.29, 0.717) is 0 Å². The Labute approximate surface area is 277 Å². The molecule has 4 heterocycles. The van der Waals surface area contributed by atoms with E-state index in [-0.39, 0.29) is 20.1 Å². The second-order valence-electron chi connectivity index (χ2n) is 11.5. The van der Waals surface area contributed by atoms with Gasteiger partial charge in [-0.05, 0) is 11.8 Å². The van der Waals surface area contributed by atoms with Crippen LogP contribution >= 0.6 is 0 Å². The molecule has 0 saturated carbocycles. The molecule has 0 unspecified atom stereocenters. The van der Waals surface area contributed by atoms with Crippen molar-refractivity contribution in [1.82, 2.24) is 24.7 Å². The molecule has 0 aliphatic carbocycles. The molecule has 0 fully saturated rings. The summed E-state index contributed by atoms with van der Waals surface area (Å²) in [6.07, 6.45) is 5.23. The Hall–Kier alpha value is -4.43. The Kier molecular flexibility index (Phi) is 8.77. The average molecular weight is 825 g/mol. The molecule has 0 aliphatic rings. The van der Waals surface area contributed by atoms with E-state index in [1.165, 1.54) is 4.40 Å². The van der Waals surface area contributed by atoms with Crippen LogP contribution in [-0.4, -0.2) is 38.0 Å². The third kappa shape index (κ3) is 6.12. The number of fused-ring (bicyclic) bond motifs is 4. The van der Waals surface area contributed by atoms with Crippen LogP contribution in [0.4, 0.5) is 0 Å². The van der Waals surface area contributed by atoms with Gasteiger partial charge < -0.3 is 4.98 Å². The molecule has 1 radical (unpaired) electrons. The number of aromatic nitrogens is 5. The van der Waals surface area contributed by atoms with Crippen LogP contribution in [0.15, 0.2) is 126 Å². The number of imidazole rings is 1. The maximum Gasteiger partial charge on any atom is 0.0160 e. The van der Waals surface area contributed by atoms with Crippen LogP contribution in [-0.2, 0) is 20.1 Å². The fourth-order valence-corrected chi connectivity index (χ4v) is 7.71. The van der Waals surface area contributed by atoms with Gasteiger partial charge in [-0.15, -0.1) is 35.9 Å². The average Bonchev–Trinajstić information content (AvgIpc) is 3.64. The predicted molar refractivity (Wildman–Crippen MR) is 180 cm³/mol. The number of benzene rings is 4. The van der Waals surface area contributed by atoms with Gasteiger partial charge in [0, 0.05) is 26.3 Å². The van der Waals surface area contributed by atoms with Crippen LogP contribution in [0, 0.1) is 12.1 Å². The number of furan rings is 1. The van der Waals surface area contributed by atoms with Gasteiger partial charge in [0.05, 0.1) is 0 Å². The molecule has 0 bridgehead atoms. The molecule has 8 rings (SSSR count). The molecule has 8 aromatic rings.